The molecule has 3 aliphatic rings. The number of ether oxygens (including phenoxy) is 1. The number of piperazine rings is 1. The number of aromatic nitrogens is 2. The van der Waals surface area contributed by atoms with Gasteiger partial charge < -0.3 is 14.5 Å². The second-order valence-corrected chi connectivity index (χ2v) is 9.01. The van der Waals surface area contributed by atoms with E-state index in [0.717, 1.165) is 31.7 Å². The molecule has 0 N–H and O–H groups in total. The summed E-state index contributed by atoms with van der Waals surface area (Å²) < 4.78 is 31.5. The number of rotatable bonds is 4. The molecule has 1 aromatic heterocycles. The zero-order valence-corrected chi connectivity index (χ0v) is 15.4. The van der Waals surface area contributed by atoms with Crippen LogP contribution in [-0.4, -0.2) is 91.2 Å². The van der Waals surface area contributed by atoms with Crippen LogP contribution in [0.25, 0.3) is 0 Å². The number of hydrogen-bond acceptors (Lipinski definition) is 7. The fourth-order valence-electron chi connectivity index (χ4n) is 3.31. The van der Waals surface area contributed by atoms with Gasteiger partial charge in [-0.3, -0.25) is 4.79 Å². The zero-order valence-electron chi connectivity index (χ0n) is 14.6. The van der Waals surface area contributed by atoms with Crippen molar-refractivity contribution >= 4 is 21.7 Å². The molecule has 26 heavy (non-hydrogen) atoms. The molecule has 0 atom stereocenters. The van der Waals surface area contributed by atoms with Gasteiger partial charge >= 0.3 is 0 Å². The summed E-state index contributed by atoms with van der Waals surface area (Å²) in [6.45, 7) is 4.25. The first-order chi connectivity index (χ1) is 12.6. The zero-order chi connectivity index (χ0) is 18.1. The molecule has 9 nitrogen and oxygen atoms in total. The summed E-state index contributed by atoms with van der Waals surface area (Å²) in [6.07, 6.45) is 2.92. The van der Waals surface area contributed by atoms with Crippen molar-refractivity contribution in [1.29, 1.82) is 0 Å². The maximum absolute atomic E-state index is 12.8. The first kappa shape index (κ1) is 17.6. The lowest BCUT2D eigenvalue weighted by molar-refractivity contribution is 0.0691. The number of hydrogen-bond donors (Lipinski definition) is 0. The molecule has 0 radical (unpaired) electrons. The third kappa shape index (κ3) is 3.53. The largest absolute Gasteiger partial charge is 0.378 e. The van der Waals surface area contributed by atoms with Crippen molar-refractivity contribution in [2.24, 2.45) is 0 Å². The first-order valence-corrected chi connectivity index (χ1v) is 10.5. The predicted octanol–water partition coefficient (Wildman–Crippen LogP) is -0.437. The van der Waals surface area contributed by atoms with Crippen molar-refractivity contribution < 1.29 is 17.9 Å². The van der Waals surface area contributed by atoms with Crippen molar-refractivity contribution in [3.8, 4) is 0 Å². The molecule has 1 saturated carbocycles. The van der Waals surface area contributed by atoms with E-state index in [1.807, 2.05) is 0 Å². The van der Waals surface area contributed by atoms with Crippen LogP contribution in [0.3, 0.4) is 0 Å². The number of morpholine rings is 1. The van der Waals surface area contributed by atoms with Gasteiger partial charge in [0, 0.05) is 45.3 Å². The second kappa shape index (κ2) is 7.09. The van der Waals surface area contributed by atoms with Gasteiger partial charge in [0.1, 0.15) is 17.8 Å². The van der Waals surface area contributed by atoms with Crippen LogP contribution in [0.5, 0.6) is 0 Å². The van der Waals surface area contributed by atoms with Crippen LogP contribution >= 0.6 is 0 Å². The summed E-state index contributed by atoms with van der Waals surface area (Å²) in [6, 6.07) is 1.71. The highest BCUT2D eigenvalue weighted by molar-refractivity contribution is 7.90. The van der Waals surface area contributed by atoms with Crippen LogP contribution in [0.2, 0.25) is 0 Å². The third-order valence-corrected chi connectivity index (χ3v) is 7.44. The van der Waals surface area contributed by atoms with E-state index in [4.69, 9.17) is 4.74 Å². The molecule has 1 aliphatic carbocycles. The van der Waals surface area contributed by atoms with Crippen LogP contribution in [0.1, 0.15) is 23.3 Å². The van der Waals surface area contributed by atoms with Crippen molar-refractivity contribution in [3.05, 3.63) is 18.1 Å². The third-order valence-electron chi connectivity index (χ3n) is 5.04. The summed E-state index contributed by atoms with van der Waals surface area (Å²) in [7, 11) is -3.17. The summed E-state index contributed by atoms with van der Waals surface area (Å²) in [5.41, 5.74) is 0.347. The number of anilines is 1. The Bertz CT molecular complexity index is 769. The molecule has 3 fully saturated rings. The number of amides is 1. The molecule has 0 unspecified atom stereocenters. The van der Waals surface area contributed by atoms with E-state index in [1.165, 1.54) is 10.6 Å². The smallest absolute Gasteiger partial charge is 0.272 e. The minimum Gasteiger partial charge on any atom is -0.378 e. The Labute approximate surface area is 153 Å². The molecule has 1 aromatic rings. The molecule has 0 spiro atoms. The van der Waals surface area contributed by atoms with Crippen molar-refractivity contribution in [1.82, 2.24) is 19.2 Å². The van der Waals surface area contributed by atoms with Crippen LogP contribution in [0, 0.1) is 0 Å². The lowest BCUT2D eigenvalue weighted by Crippen LogP contribution is -2.51. The summed E-state index contributed by atoms with van der Waals surface area (Å²) >= 11 is 0. The molecule has 1 amide bonds. The van der Waals surface area contributed by atoms with Gasteiger partial charge in [-0.2, -0.15) is 4.31 Å². The molecule has 142 valence electrons. The van der Waals surface area contributed by atoms with Crippen molar-refractivity contribution in [2.45, 2.75) is 18.1 Å². The number of carbonyl (C=O) groups excluding carboxylic acids is 1. The molecule has 2 aliphatic heterocycles. The van der Waals surface area contributed by atoms with E-state index < -0.39 is 10.0 Å². The Morgan fingerprint density at radius 2 is 1.73 bits per heavy atom. The predicted molar refractivity (Wildman–Crippen MR) is 94.5 cm³/mol. The minimum atomic E-state index is -3.17. The van der Waals surface area contributed by atoms with Gasteiger partial charge in [-0.05, 0) is 12.8 Å². The summed E-state index contributed by atoms with van der Waals surface area (Å²) in [4.78, 5) is 24.9. The average molecular weight is 381 g/mol. The molecule has 4 rings (SSSR count). The molecule has 0 bridgehead atoms. The number of sulfonamides is 1. The Balaban J connectivity index is 1.40. The maximum Gasteiger partial charge on any atom is 0.272 e. The average Bonchev–Trinajstić information content (AvgIpc) is 3.54. The fraction of sp³-hybridized carbons (Fsp3) is 0.688. The molecular weight excluding hydrogens is 358 g/mol. The SMILES string of the molecule is O=C(c1cc(N2CCOCC2)ncn1)N1CCN(S(=O)(=O)C2CC2)CC1. The molecular formula is C16H23N5O4S. The van der Waals surface area contributed by atoms with Crippen molar-refractivity contribution in [2.75, 3.05) is 57.4 Å². The van der Waals surface area contributed by atoms with Crippen LogP contribution in [0.4, 0.5) is 5.82 Å². The van der Waals surface area contributed by atoms with E-state index in [1.54, 1.807) is 11.0 Å². The molecule has 10 heteroatoms. The Morgan fingerprint density at radius 1 is 1.04 bits per heavy atom. The van der Waals surface area contributed by atoms with Gasteiger partial charge in [-0.25, -0.2) is 18.4 Å². The molecule has 0 aromatic carbocycles. The maximum atomic E-state index is 12.8. The number of nitrogens with zero attached hydrogens (tertiary/aromatic N) is 5. The van der Waals surface area contributed by atoms with Crippen LogP contribution in [0.15, 0.2) is 12.4 Å². The minimum absolute atomic E-state index is 0.176. The topological polar surface area (TPSA) is 95.9 Å². The van der Waals surface area contributed by atoms with E-state index in [-0.39, 0.29) is 11.2 Å². The first-order valence-electron chi connectivity index (χ1n) is 8.99. The Hall–Kier alpha value is -1.78. The quantitative estimate of drug-likeness (QED) is 0.698. The Morgan fingerprint density at radius 3 is 2.38 bits per heavy atom. The molecule has 3 heterocycles. The fourth-order valence-corrected chi connectivity index (χ4v) is 5.14. The van der Waals surface area contributed by atoms with E-state index >= 15 is 0 Å². The van der Waals surface area contributed by atoms with E-state index in [2.05, 4.69) is 14.9 Å². The highest BCUT2D eigenvalue weighted by atomic mass is 32.2. The van der Waals surface area contributed by atoms with Gasteiger partial charge in [0.25, 0.3) is 5.91 Å². The van der Waals surface area contributed by atoms with Gasteiger partial charge in [0.15, 0.2) is 0 Å². The highest BCUT2D eigenvalue weighted by Crippen LogP contribution is 2.31. The second-order valence-electron chi connectivity index (χ2n) is 6.80. The molecule has 2 saturated heterocycles. The normalized spacial score (nSPS) is 22.5. The number of carbonyl (C=O) groups is 1. The van der Waals surface area contributed by atoms with E-state index in [0.29, 0.717) is 45.1 Å². The van der Waals surface area contributed by atoms with Gasteiger partial charge in [0.05, 0.1) is 18.5 Å². The Kier molecular flexibility index (Phi) is 4.80. The van der Waals surface area contributed by atoms with Gasteiger partial charge in [-0.1, -0.05) is 0 Å². The lowest BCUT2D eigenvalue weighted by atomic mass is 10.2. The van der Waals surface area contributed by atoms with Crippen LogP contribution in [-0.2, 0) is 14.8 Å². The highest BCUT2D eigenvalue weighted by Gasteiger charge is 2.41. The van der Waals surface area contributed by atoms with Gasteiger partial charge in [-0.15, -0.1) is 0 Å². The van der Waals surface area contributed by atoms with Crippen molar-refractivity contribution in [3.63, 3.8) is 0 Å². The lowest BCUT2D eigenvalue weighted by Gasteiger charge is -2.34. The standard InChI is InChI=1S/C16H23N5O4S/c22-16(14-11-15(18-12-17-14)19-7-9-25-10-8-19)20-3-5-21(6-4-20)26(23,24)13-1-2-13/h11-13H,1-10H2. The summed E-state index contributed by atoms with van der Waals surface area (Å²) in [5.74, 6) is 0.548. The summed E-state index contributed by atoms with van der Waals surface area (Å²) in [5, 5.41) is -0.206. The van der Waals surface area contributed by atoms with E-state index in [9.17, 15) is 13.2 Å². The van der Waals surface area contributed by atoms with Gasteiger partial charge in [0.2, 0.25) is 10.0 Å². The monoisotopic (exact) mass is 381 g/mol. The van der Waals surface area contributed by atoms with Crippen LogP contribution < -0.4 is 4.90 Å².